The van der Waals surface area contributed by atoms with E-state index in [0.717, 1.165) is 18.4 Å². The molecular formula is C16H21NO3. The lowest BCUT2D eigenvalue weighted by Gasteiger charge is -2.32. The Labute approximate surface area is 119 Å². The Hall–Kier alpha value is -1.84. The van der Waals surface area contributed by atoms with Gasteiger partial charge in [0.15, 0.2) is 0 Å². The summed E-state index contributed by atoms with van der Waals surface area (Å²) in [4.78, 5) is 16.7. The number of carboxylic acids is 1. The van der Waals surface area contributed by atoms with Crippen LogP contribution in [0.5, 0.6) is 0 Å². The van der Waals surface area contributed by atoms with Crippen molar-refractivity contribution in [3.8, 4) is 0 Å². The fourth-order valence-corrected chi connectivity index (χ4v) is 2.50. The number of hydrogen-bond donors (Lipinski definition) is 1. The maximum atomic E-state index is 11.5. The Morgan fingerprint density at radius 2 is 2.05 bits per heavy atom. The van der Waals surface area contributed by atoms with Gasteiger partial charge in [-0.3, -0.25) is 4.79 Å². The molecule has 0 aromatic heterocycles. The zero-order valence-corrected chi connectivity index (χ0v) is 11.8. The van der Waals surface area contributed by atoms with E-state index < -0.39 is 11.4 Å². The highest BCUT2D eigenvalue weighted by Crippen LogP contribution is 2.37. The van der Waals surface area contributed by atoms with Gasteiger partial charge in [-0.25, -0.2) is 0 Å². The lowest BCUT2D eigenvalue weighted by molar-refractivity contribution is -0.146. The van der Waals surface area contributed by atoms with E-state index in [9.17, 15) is 9.90 Å². The molecule has 0 unspecified atom stereocenters. The van der Waals surface area contributed by atoms with E-state index in [1.165, 1.54) is 6.21 Å². The SMILES string of the molecule is CC1CCC(C=NOCc2ccccc2)(C(=O)O)CC1. The van der Waals surface area contributed by atoms with E-state index in [4.69, 9.17) is 4.84 Å². The summed E-state index contributed by atoms with van der Waals surface area (Å²) in [5.41, 5.74) is 0.176. The fraction of sp³-hybridized carbons (Fsp3) is 0.500. The highest BCUT2D eigenvalue weighted by molar-refractivity contribution is 5.93. The molecule has 1 aliphatic carbocycles. The minimum Gasteiger partial charge on any atom is -0.481 e. The van der Waals surface area contributed by atoms with Crippen molar-refractivity contribution in [1.29, 1.82) is 0 Å². The van der Waals surface area contributed by atoms with Gasteiger partial charge in [0.25, 0.3) is 0 Å². The van der Waals surface area contributed by atoms with Crippen molar-refractivity contribution in [3.63, 3.8) is 0 Å². The summed E-state index contributed by atoms with van der Waals surface area (Å²) in [7, 11) is 0. The molecule has 0 aliphatic heterocycles. The smallest absolute Gasteiger partial charge is 0.315 e. The summed E-state index contributed by atoms with van der Waals surface area (Å²) in [5.74, 6) is -0.197. The first-order chi connectivity index (χ1) is 9.62. The van der Waals surface area contributed by atoms with Gasteiger partial charge in [0.05, 0.1) is 6.21 Å². The van der Waals surface area contributed by atoms with Crippen LogP contribution in [0.15, 0.2) is 35.5 Å². The van der Waals surface area contributed by atoms with Crippen LogP contribution in [0.3, 0.4) is 0 Å². The molecule has 1 N–H and O–H groups in total. The van der Waals surface area contributed by atoms with E-state index in [-0.39, 0.29) is 0 Å². The minimum absolute atomic E-state index is 0.365. The van der Waals surface area contributed by atoms with E-state index >= 15 is 0 Å². The first kappa shape index (κ1) is 14.6. The van der Waals surface area contributed by atoms with Gasteiger partial charge in [0.2, 0.25) is 0 Å². The monoisotopic (exact) mass is 275 g/mol. The second kappa shape index (κ2) is 6.55. The second-order valence-electron chi connectivity index (χ2n) is 5.64. The fourth-order valence-electron chi connectivity index (χ4n) is 2.50. The van der Waals surface area contributed by atoms with E-state index in [1.807, 2.05) is 30.3 Å². The Morgan fingerprint density at radius 3 is 2.65 bits per heavy atom. The maximum absolute atomic E-state index is 11.5. The first-order valence-corrected chi connectivity index (χ1v) is 7.06. The molecule has 1 aliphatic rings. The van der Waals surface area contributed by atoms with Crippen LogP contribution >= 0.6 is 0 Å². The van der Waals surface area contributed by atoms with Crippen LogP contribution in [0.2, 0.25) is 0 Å². The molecule has 0 atom stereocenters. The predicted octanol–water partition coefficient (Wildman–Crippen LogP) is 3.47. The van der Waals surface area contributed by atoms with Crippen molar-refractivity contribution in [2.45, 2.75) is 39.2 Å². The quantitative estimate of drug-likeness (QED) is 0.661. The Bertz CT molecular complexity index is 462. The molecule has 108 valence electrons. The standard InChI is InChI=1S/C16H21NO3/c1-13-7-9-16(10-8-13,15(18)19)12-17-20-11-14-5-3-2-4-6-14/h2-6,12-13H,7-11H2,1H3,(H,18,19). The molecule has 20 heavy (non-hydrogen) atoms. The second-order valence-corrected chi connectivity index (χ2v) is 5.64. The molecule has 0 spiro atoms. The number of rotatable bonds is 5. The van der Waals surface area contributed by atoms with E-state index in [0.29, 0.717) is 25.4 Å². The number of carbonyl (C=O) groups is 1. The molecule has 2 rings (SSSR count). The van der Waals surface area contributed by atoms with Crippen molar-refractivity contribution in [1.82, 2.24) is 0 Å². The lowest BCUT2D eigenvalue weighted by Crippen LogP contribution is -2.36. The van der Waals surface area contributed by atoms with Gasteiger partial charge in [-0.2, -0.15) is 0 Å². The summed E-state index contributed by atoms with van der Waals surface area (Å²) < 4.78 is 0. The molecule has 4 heteroatoms. The van der Waals surface area contributed by atoms with Crippen LogP contribution in [0.4, 0.5) is 0 Å². The van der Waals surface area contributed by atoms with Gasteiger partial charge in [-0.1, -0.05) is 42.4 Å². The van der Waals surface area contributed by atoms with Gasteiger partial charge in [-0.15, -0.1) is 0 Å². The van der Waals surface area contributed by atoms with Gasteiger partial charge >= 0.3 is 5.97 Å². The zero-order valence-electron chi connectivity index (χ0n) is 11.8. The van der Waals surface area contributed by atoms with Crippen LogP contribution < -0.4 is 0 Å². The van der Waals surface area contributed by atoms with Gasteiger partial charge in [0, 0.05) is 0 Å². The molecular weight excluding hydrogens is 254 g/mol. The van der Waals surface area contributed by atoms with Crippen molar-refractivity contribution < 1.29 is 14.7 Å². The highest BCUT2D eigenvalue weighted by Gasteiger charge is 2.40. The van der Waals surface area contributed by atoms with Gasteiger partial charge < -0.3 is 9.94 Å². The zero-order chi connectivity index (χ0) is 14.4. The molecule has 0 bridgehead atoms. The topological polar surface area (TPSA) is 58.9 Å². The number of carboxylic acid groups (broad SMARTS) is 1. The van der Waals surface area contributed by atoms with Crippen molar-refractivity contribution in [2.75, 3.05) is 0 Å². The third kappa shape index (κ3) is 3.59. The molecule has 0 radical (unpaired) electrons. The summed E-state index contributed by atoms with van der Waals surface area (Å²) in [6.45, 7) is 2.53. The van der Waals surface area contributed by atoms with E-state index in [2.05, 4.69) is 12.1 Å². The van der Waals surface area contributed by atoms with Crippen molar-refractivity contribution >= 4 is 12.2 Å². The Morgan fingerprint density at radius 1 is 1.40 bits per heavy atom. The number of benzene rings is 1. The maximum Gasteiger partial charge on any atom is 0.315 e. The predicted molar refractivity (Wildman–Crippen MR) is 77.4 cm³/mol. The summed E-state index contributed by atoms with van der Waals surface area (Å²) >= 11 is 0. The molecule has 1 aromatic rings. The van der Waals surface area contributed by atoms with Crippen LogP contribution in [0.1, 0.15) is 38.2 Å². The third-order valence-electron chi connectivity index (χ3n) is 4.04. The average Bonchev–Trinajstić information content (AvgIpc) is 2.47. The van der Waals surface area contributed by atoms with Crippen LogP contribution in [-0.4, -0.2) is 17.3 Å². The molecule has 4 nitrogen and oxygen atoms in total. The third-order valence-corrected chi connectivity index (χ3v) is 4.04. The summed E-state index contributed by atoms with van der Waals surface area (Å²) in [6, 6.07) is 9.71. The summed E-state index contributed by atoms with van der Waals surface area (Å²) in [5, 5.41) is 13.3. The molecule has 1 aromatic carbocycles. The number of hydrogen-bond acceptors (Lipinski definition) is 3. The van der Waals surface area contributed by atoms with Crippen molar-refractivity contribution in [2.24, 2.45) is 16.5 Å². The number of oxime groups is 1. The van der Waals surface area contributed by atoms with Gasteiger partial charge in [-0.05, 0) is 37.2 Å². The van der Waals surface area contributed by atoms with Gasteiger partial charge in [0.1, 0.15) is 12.0 Å². The molecule has 0 amide bonds. The minimum atomic E-state index is -0.844. The number of aliphatic carboxylic acids is 1. The highest BCUT2D eigenvalue weighted by atomic mass is 16.6. The molecule has 0 heterocycles. The largest absolute Gasteiger partial charge is 0.481 e. The Balaban J connectivity index is 1.92. The molecule has 0 saturated heterocycles. The normalized spacial score (nSPS) is 26.6. The summed E-state index contributed by atoms with van der Waals surface area (Å²) in [6.07, 6.45) is 4.63. The average molecular weight is 275 g/mol. The molecule has 1 saturated carbocycles. The lowest BCUT2D eigenvalue weighted by atomic mass is 9.72. The Kier molecular flexibility index (Phi) is 4.77. The van der Waals surface area contributed by atoms with Crippen LogP contribution in [0.25, 0.3) is 0 Å². The van der Waals surface area contributed by atoms with E-state index in [1.54, 1.807) is 0 Å². The van der Waals surface area contributed by atoms with Crippen LogP contribution in [-0.2, 0) is 16.2 Å². The first-order valence-electron chi connectivity index (χ1n) is 7.06. The van der Waals surface area contributed by atoms with Crippen molar-refractivity contribution in [3.05, 3.63) is 35.9 Å². The molecule has 1 fully saturated rings. The number of nitrogens with zero attached hydrogens (tertiary/aromatic N) is 1. The van der Waals surface area contributed by atoms with Crippen LogP contribution in [0, 0.1) is 11.3 Å².